The maximum Gasteiger partial charge on any atom is 0.329 e. The summed E-state index contributed by atoms with van der Waals surface area (Å²) in [7, 11) is 0. The molecule has 0 aliphatic carbocycles. The number of esters is 1. The molecule has 25 heavy (non-hydrogen) atoms. The molecule has 0 spiro atoms. The maximum atomic E-state index is 12.5. The summed E-state index contributed by atoms with van der Waals surface area (Å²) in [4.78, 5) is 26.5. The first-order chi connectivity index (χ1) is 12.2. The molecule has 2 aromatic heterocycles. The molecule has 0 radical (unpaired) electrons. The zero-order valence-electron chi connectivity index (χ0n) is 13.5. The van der Waals surface area contributed by atoms with Gasteiger partial charge in [-0.25, -0.2) is 4.79 Å². The van der Waals surface area contributed by atoms with Gasteiger partial charge in [-0.3, -0.25) is 4.79 Å². The van der Waals surface area contributed by atoms with Crippen molar-refractivity contribution in [2.24, 2.45) is 0 Å². The van der Waals surface area contributed by atoms with Gasteiger partial charge in [0, 0.05) is 16.8 Å². The summed E-state index contributed by atoms with van der Waals surface area (Å²) < 4.78 is 11.9. The first-order valence-electron chi connectivity index (χ1n) is 8.20. The Morgan fingerprint density at radius 2 is 2.12 bits per heavy atom. The van der Waals surface area contributed by atoms with Gasteiger partial charge in [0.1, 0.15) is 12.6 Å². The molecule has 1 amide bonds. The Bertz CT molecular complexity index is 899. The van der Waals surface area contributed by atoms with Crippen LogP contribution in [-0.4, -0.2) is 29.4 Å². The van der Waals surface area contributed by atoms with Crippen LogP contribution in [0.15, 0.2) is 52.5 Å². The standard InChI is InChI=1S/C19H17NO4S/c21-18(16-7-4-10-23-16)20-9-3-6-15(20)19(22)24-11-13-12-25-17-8-2-1-5-14(13)17/h1-2,4-5,7-8,10,12,15H,3,6,9,11H2/t15-/m0/s1. The Morgan fingerprint density at radius 3 is 2.96 bits per heavy atom. The van der Waals surface area contributed by atoms with Crippen LogP contribution in [0.1, 0.15) is 29.0 Å². The normalized spacial score (nSPS) is 17.1. The molecule has 0 unspecified atom stereocenters. The second-order valence-electron chi connectivity index (χ2n) is 6.00. The van der Waals surface area contributed by atoms with E-state index in [0.29, 0.717) is 13.0 Å². The van der Waals surface area contributed by atoms with E-state index in [2.05, 4.69) is 0 Å². The predicted molar refractivity (Wildman–Crippen MR) is 94.4 cm³/mol. The molecule has 5 nitrogen and oxygen atoms in total. The van der Waals surface area contributed by atoms with Crippen LogP contribution in [0.4, 0.5) is 0 Å². The van der Waals surface area contributed by atoms with Gasteiger partial charge in [-0.1, -0.05) is 18.2 Å². The van der Waals surface area contributed by atoms with Gasteiger partial charge < -0.3 is 14.1 Å². The molecule has 1 atom stereocenters. The largest absolute Gasteiger partial charge is 0.459 e. The zero-order valence-corrected chi connectivity index (χ0v) is 14.3. The fourth-order valence-corrected chi connectivity index (χ4v) is 4.13. The summed E-state index contributed by atoms with van der Waals surface area (Å²) in [5.41, 5.74) is 0.996. The van der Waals surface area contributed by atoms with E-state index in [1.165, 1.54) is 11.0 Å². The summed E-state index contributed by atoms with van der Waals surface area (Å²) in [6.45, 7) is 0.767. The molecule has 1 fully saturated rings. The summed E-state index contributed by atoms with van der Waals surface area (Å²) in [5, 5.41) is 3.12. The molecule has 0 N–H and O–H groups in total. The number of thiophene rings is 1. The number of hydrogen-bond donors (Lipinski definition) is 0. The Hall–Kier alpha value is -2.60. The maximum absolute atomic E-state index is 12.5. The van der Waals surface area contributed by atoms with Crippen LogP contribution in [0.3, 0.4) is 0 Å². The lowest BCUT2D eigenvalue weighted by Crippen LogP contribution is -2.41. The number of rotatable bonds is 4. The first kappa shape index (κ1) is 15.9. The average Bonchev–Trinajstić information content (AvgIpc) is 3.39. The molecule has 6 heteroatoms. The zero-order chi connectivity index (χ0) is 17.2. The highest BCUT2D eigenvalue weighted by Crippen LogP contribution is 2.27. The van der Waals surface area contributed by atoms with E-state index in [1.807, 2.05) is 29.6 Å². The molecule has 128 valence electrons. The lowest BCUT2D eigenvalue weighted by molar-refractivity contribution is -0.149. The second-order valence-corrected chi connectivity index (χ2v) is 6.91. The fraction of sp³-hybridized carbons (Fsp3) is 0.263. The summed E-state index contributed by atoms with van der Waals surface area (Å²) in [6.07, 6.45) is 2.86. The van der Waals surface area contributed by atoms with Crippen molar-refractivity contribution in [1.29, 1.82) is 0 Å². The second kappa shape index (κ2) is 6.72. The van der Waals surface area contributed by atoms with Crippen LogP contribution < -0.4 is 0 Å². The number of hydrogen-bond acceptors (Lipinski definition) is 5. The minimum Gasteiger partial charge on any atom is -0.459 e. The highest BCUT2D eigenvalue weighted by molar-refractivity contribution is 7.17. The molecular weight excluding hydrogens is 338 g/mol. The molecule has 1 aliphatic rings. The fourth-order valence-electron chi connectivity index (χ4n) is 3.19. The van der Waals surface area contributed by atoms with Gasteiger partial charge in [0.15, 0.2) is 5.76 Å². The van der Waals surface area contributed by atoms with E-state index in [9.17, 15) is 9.59 Å². The molecular formula is C19H17NO4S. The number of amides is 1. The van der Waals surface area contributed by atoms with E-state index in [-0.39, 0.29) is 24.2 Å². The number of ether oxygens (including phenoxy) is 1. The Balaban J connectivity index is 1.44. The lowest BCUT2D eigenvalue weighted by Gasteiger charge is -2.22. The minimum absolute atomic E-state index is 0.224. The van der Waals surface area contributed by atoms with Crippen LogP contribution in [0.25, 0.3) is 10.1 Å². The number of fused-ring (bicyclic) bond motifs is 1. The van der Waals surface area contributed by atoms with Gasteiger partial charge in [-0.2, -0.15) is 0 Å². The topological polar surface area (TPSA) is 59.8 Å². The van der Waals surface area contributed by atoms with Crippen LogP contribution in [0, 0.1) is 0 Å². The van der Waals surface area contributed by atoms with E-state index in [1.54, 1.807) is 28.4 Å². The van der Waals surface area contributed by atoms with Crippen molar-refractivity contribution in [2.45, 2.75) is 25.5 Å². The number of carbonyl (C=O) groups is 2. The molecule has 4 rings (SSSR count). The van der Waals surface area contributed by atoms with E-state index < -0.39 is 6.04 Å². The minimum atomic E-state index is -0.539. The van der Waals surface area contributed by atoms with E-state index in [0.717, 1.165) is 17.4 Å². The highest BCUT2D eigenvalue weighted by atomic mass is 32.1. The van der Waals surface area contributed by atoms with Gasteiger partial charge >= 0.3 is 5.97 Å². The highest BCUT2D eigenvalue weighted by Gasteiger charge is 2.36. The van der Waals surface area contributed by atoms with Gasteiger partial charge in [0.05, 0.1) is 6.26 Å². The van der Waals surface area contributed by atoms with Crippen molar-refractivity contribution >= 4 is 33.3 Å². The molecule has 1 saturated heterocycles. The van der Waals surface area contributed by atoms with Crippen LogP contribution >= 0.6 is 11.3 Å². The Labute approximate surface area is 148 Å². The van der Waals surface area contributed by atoms with Crippen molar-refractivity contribution in [1.82, 2.24) is 4.90 Å². The third kappa shape index (κ3) is 3.05. The molecule has 1 aliphatic heterocycles. The number of likely N-dealkylation sites (tertiary alicyclic amines) is 1. The predicted octanol–water partition coefficient (Wildman–Crippen LogP) is 3.84. The van der Waals surface area contributed by atoms with Gasteiger partial charge in [0.2, 0.25) is 0 Å². The third-order valence-corrected chi connectivity index (χ3v) is 5.46. The summed E-state index contributed by atoms with van der Waals surface area (Å²) in [5.74, 6) is -0.360. The molecule has 3 aromatic rings. The Morgan fingerprint density at radius 1 is 1.24 bits per heavy atom. The molecule has 3 heterocycles. The van der Waals surface area contributed by atoms with Crippen molar-refractivity contribution in [3.05, 3.63) is 59.4 Å². The number of furan rings is 1. The number of benzene rings is 1. The summed E-state index contributed by atoms with van der Waals surface area (Å²) >= 11 is 1.63. The number of nitrogens with zero attached hydrogens (tertiary/aromatic N) is 1. The number of carbonyl (C=O) groups excluding carboxylic acids is 2. The van der Waals surface area contributed by atoms with Crippen molar-refractivity contribution in [2.75, 3.05) is 6.54 Å². The van der Waals surface area contributed by atoms with E-state index in [4.69, 9.17) is 9.15 Å². The van der Waals surface area contributed by atoms with Crippen molar-refractivity contribution < 1.29 is 18.7 Å². The average molecular weight is 355 g/mol. The van der Waals surface area contributed by atoms with E-state index >= 15 is 0 Å². The molecule has 0 saturated carbocycles. The van der Waals surface area contributed by atoms with Gasteiger partial charge in [-0.05, 0) is 41.8 Å². The first-order valence-corrected chi connectivity index (χ1v) is 9.08. The summed E-state index contributed by atoms with van der Waals surface area (Å²) in [6, 6.07) is 10.8. The monoisotopic (exact) mass is 355 g/mol. The molecule has 1 aromatic carbocycles. The lowest BCUT2D eigenvalue weighted by atomic mass is 10.2. The van der Waals surface area contributed by atoms with Crippen LogP contribution in [-0.2, 0) is 16.1 Å². The van der Waals surface area contributed by atoms with Crippen LogP contribution in [0.5, 0.6) is 0 Å². The Kier molecular flexibility index (Phi) is 4.28. The quantitative estimate of drug-likeness (QED) is 0.667. The SMILES string of the molecule is O=C(OCc1csc2ccccc12)[C@@H]1CCCN1C(=O)c1ccco1. The van der Waals surface area contributed by atoms with Crippen molar-refractivity contribution in [3.8, 4) is 0 Å². The smallest absolute Gasteiger partial charge is 0.329 e. The van der Waals surface area contributed by atoms with Crippen molar-refractivity contribution in [3.63, 3.8) is 0 Å². The third-order valence-electron chi connectivity index (χ3n) is 4.45. The van der Waals surface area contributed by atoms with Crippen LogP contribution in [0.2, 0.25) is 0 Å². The molecule has 0 bridgehead atoms. The van der Waals surface area contributed by atoms with Gasteiger partial charge in [0.25, 0.3) is 5.91 Å². The van der Waals surface area contributed by atoms with Gasteiger partial charge in [-0.15, -0.1) is 11.3 Å².